The van der Waals surface area contributed by atoms with Crippen LogP contribution in [0.25, 0.3) is 0 Å². The molecule has 1 N–H and O–H groups in total. The fraction of sp³-hybridized carbons (Fsp3) is 0.375. The number of benzene rings is 1. The van der Waals surface area contributed by atoms with Crippen LogP contribution in [0.4, 0.5) is 0 Å². The number of aryl methyl sites for hydroxylation is 1. The summed E-state index contributed by atoms with van der Waals surface area (Å²) in [5.74, 6) is 2.37. The second-order valence-corrected chi connectivity index (χ2v) is 6.01. The summed E-state index contributed by atoms with van der Waals surface area (Å²) in [5, 5.41) is 4.36. The maximum Gasteiger partial charge on any atom is 0.146 e. The van der Waals surface area contributed by atoms with Crippen molar-refractivity contribution in [3.8, 4) is 5.75 Å². The number of hydrogen-bond donors (Lipinski definition) is 1. The van der Waals surface area contributed by atoms with E-state index in [0.29, 0.717) is 28.4 Å². The molecule has 0 unspecified atom stereocenters. The molecule has 0 aliphatic rings. The van der Waals surface area contributed by atoms with Crippen molar-refractivity contribution in [2.45, 2.75) is 40.0 Å². The summed E-state index contributed by atoms with van der Waals surface area (Å²) < 4.78 is 11.4. The van der Waals surface area contributed by atoms with Crippen LogP contribution >= 0.6 is 23.2 Å². The van der Waals surface area contributed by atoms with E-state index in [1.54, 1.807) is 18.2 Å². The van der Waals surface area contributed by atoms with Gasteiger partial charge in [-0.3, -0.25) is 0 Å². The zero-order chi connectivity index (χ0) is 15.4. The van der Waals surface area contributed by atoms with Gasteiger partial charge in [0.25, 0.3) is 0 Å². The lowest BCUT2D eigenvalue weighted by Gasteiger charge is -2.06. The Kier molecular flexibility index (Phi) is 5.57. The molecule has 0 bridgehead atoms. The van der Waals surface area contributed by atoms with Crippen molar-refractivity contribution in [2.24, 2.45) is 0 Å². The largest absolute Gasteiger partial charge is 0.486 e. The Labute approximate surface area is 135 Å². The molecule has 0 spiro atoms. The van der Waals surface area contributed by atoms with E-state index in [1.807, 2.05) is 13.0 Å². The van der Waals surface area contributed by atoms with Crippen molar-refractivity contribution in [3.05, 3.63) is 51.4 Å². The average Bonchev–Trinajstić information content (AvgIpc) is 2.78. The Hall–Kier alpha value is -1.16. The van der Waals surface area contributed by atoms with E-state index in [-0.39, 0.29) is 0 Å². The van der Waals surface area contributed by atoms with Crippen molar-refractivity contribution in [2.75, 3.05) is 0 Å². The maximum absolute atomic E-state index is 5.95. The molecule has 0 saturated carbocycles. The Balaban J connectivity index is 1.96. The maximum atomic E-state index is 5.95. The SMILES string of the molecule is Cc1oc(COc2ccc(Cl)c(Cl)c2)cc1CNC(C)C. The first-order valence-electron chi connectivity index (χ1n) is 6.85. The lowest BCUT2D eigenvalue weighted by Crippen LogP contribution is -2.21. The first kappa shape index (κ1) is 16.2. The Morgan fingerprint density at radius 3 is 2.62 bits per heavy atom. The quantitative estimate of drug-likeness (QED) is 0.813. The average molecular weight is 328 g/mol. The van der Waals surface area contributed by atoms with Gasteiger partial charge in [-0.15, -0.1) is 0 Å². The van der Waals surface area contributed by atoms with Gasteiger partial charge in [-0.05, 0) is 25.1 Å². The van der Waals surface area contributed by atoms with Crippen molar-refractivity contribution in [3.63, 3.8) is 0 Å². The zero-order valence-corrected chi connectivity index (χ0v) is 13.9. The predicted octanol–water partition coefficient (Wildman–Crippen LogP) is 4.97. The van der Waals surface area contributed by atoms with Gasteiger partial charge in [0, 0.05) is 24.2 Å². The molecule has 1 heterocycles. The van der Waals surface area contributed by atoms with Crippen LogP contribution in [-0.4, -0.2) is 6.04 Å². The molecular weight excluding hydrogens is 309 g/mol. The molecule has 2 rings (SSSR count). The molecule has 0 saturated heterocycles. The highest BCUT2D eigenvalue weighted by Gasteiger charge is 2.09. The minimum Gasteiger partial charge on any atom is -0.486 e. The highest BCUT2D eigenvalue weighted by atomic mass is 35.5. The molecule has 3 nitrogen and oxygen atoms in total. The van der Waals surface area contributed by atoms with Crippen LogP contribution in [0, 0.1) is 6.92 Å². The van der Waals surface area contributed by atoms with Gasteiger partial charge in [0.2, 0.25) is 0 Å². The second kappa shape index (κ2) is 7.21. The highest BCUT2D eigenvalue weighted by molar-refractivity contribution is 6.42. The van der Waals surface area contributed by atoms with Crippen molar-refractivity contribution < 1.29 is 9.15 Å². The fourth-order valence-corrected chi connectivity index (χ4v) is 2.16. The Bertz CT molecular complexity index is 608. The monoisotopic (exact) mass is 327 g/mol. The van der Waals surface area contributed by atoms with Crippen LogP contribution in [0.3, 0.4) is 0 Å². The minimum atomic E-state index is 0.362. The summed E-state index contributed by atoms with van der Waals surface area (Å²) in [4.78, 5) is 0. The number of nitrogens with one attached hydrogen (secondary N) is 1. The standard InChI is InChI=1S/C16H19Cl2NO2/c1-10(2)19-8-12-6-14(21-11(12)3)9-20-13-4-5-15(17)16(18)7-13/h4-7,10,19H,8-9H2,1-3H3. The number of furan rings is 1. The molecular formula is C16H19Cl2NO2. The van der Waals surface area contributed by atoms with Gasteiger partial charge in [0.1, 0.15) is 23.9 Å². The smallest absolute Gasteiger partial charge is 0.146 e. The van der Waals surface area contributed by atoms with Crippen LogP contribution in [0.15, 0.2) is 28.7 Å². The summed E-state index contributed by atoms with van der Waals surface area (Å²) in [6.45, 7) is 7.34. The van der Waals surface area contributed by atoms with Crippen LogP contribution in [-0.2, 0) is 13.2 Å². The van der Waals surface area contributed by atoms with Gasteiger partial charge in [0.15, 0.2) is 0 Å². The molecule has 0 amide bonds. The minimum absolute atomic E-state index is 0.362. The molecule has 0 aliphatic heterocycles. The molecule has 2 aromatic rings. The molecule has 0 radical (unpaired) electrons. The van der Waals surface area contributed by atoms with E-state index < -0.39 is 0 Å². The first-order chi connectivity index (χ1) is 9.95. The van der Waals surface area contributed by atoms with Crippen molar-refractivity contribution >= 4 is 23.2 Å². The Morgan fingerprint density at radius 2 is 1.95 bits per heavy atom. The molecule has 21 heavy (non-hydrogen) atoms. The van der Waals surface area contributed by atoms with Crippen LogP contribution < -0.4 is 10.1 Å². The van der Waals surface area contributed by atoms with Gasteiger partial charge < -0.3 is 14.5 Å². The van der Waals surface area contributed by atoms with Gasteiger partial charge in [-0.2, -0.15) is 0 Å². The number of hydrogen-bond acceptors (Lipinski definition) is 3. The predicted molar refractivity (Wildman–Crippen MR) is 86.2 cm³/mol. The molecule has 0 fully saturated rings. The van der Waals surface area contributed by atoms with Crippen molar-refractivity contribution in [1.82, 2.24) is 5.32 Å². The zero-order valence-electron chi connectivity index (χ0n) is 12.4. The summed E-state index contributed by atoms with van der Waals surface area (Å²) in [6, 6.07) is 7.65. The van der Waals surface area contributed by atoms with Gasteiger partial charge in [0.05, 0.1) is 10.0 Å². The van der Waals surface area contributed by atoms with Gasteiger partial charge in [-0.25, -0.2) is 0 Å². The lowest BCUT2D eigenvalue weighted by atomic mass is 10.2. The van der Waals surface area contributed by atoms with Crippen LogP contribution in [0.2, 0.25) is 10.0 Å². The van der Waals surface area contributed by atoms with Crippen molar-refractivity contribution in [1.29, 1.82) is 0 Å². The molecule has 114 valence electrons. The topological polar surface area (TPSA) is 34.4 Å². The Morgan fingerprint density at radius 1 is 1.19 bits per heavy atom. The van der Waals surface area contributed by atoms with E-state index in [0.717, 1.165) is 23.6 Å². The first-order valence-corrected chi connectivity index (χ1v) is 7.60. The van der Waals surface area contributed by atoms with Crippen LogP contribution in [0.5, 0.6) is 5.75 Å². The lowest BCUT2D eigenvalue weighted by molar-refractivity contribution is 0.267. The fourth-order valence-electron chi connectivity index (χ4n) is 1.87. The van der Waals surface area contributed by atoms with E-state index in [2.05, 4.69) is 19.2 Å². The summed E-state index contributed by atoms with van der Waals surface area (Å²) >= 11 is 11.8. The van der Waals surface area contributed by atoms with E-state index >= 15 is 0 Å². The van der Waals surface area contributed by atoms with E-state index in [1.165, 1.54) is 0 Å². The molecule has 0 atom stereocenters. The summed E-state index contributed by atoms with van der Waals surface area (Å²) in [6.07, 6.45) is 0. The van der Waals surface area contributed by atoms with E-state index in [9.17, 15) is 0 Å². The number of rotatable bonds is 6. The summed E-state index contributed by atoms with van der Waals surface area (Å²) in [5.41, 5.74) is 1.15. The summed E-state index contributed by atoms with van der Waals surface area (Å²) in [7, 11) is 0. The third kappa shape index (κ3) is 4.67. The molecule has 5 heteroatoms. The molecule has 0 aliphatic carbocycles. The van der Waals surface area contributed by atoms with E-state index in [4.69, 9.17) is 32.4 Å². The third-order valence-corrected chi connectivity index (χ3v) is 3.78. The molecule has 1 aromatic heterocycles. The van der Waals surface area contributed by atoms with Gasteiger partial charge in [-0.1, -0.05) is 37.0 Å². The number of ether oxygens (including phenoxy) is 1. The van der Waals surface area contributed by atoms with Crippen LogP contribution in [0.1, 0.15) is 30.9 Å². The molecule has 1 aromatic carbocycles. The highest BCUT2D eigenvalue weighted by Crippen LogP contribution is 2.27. The normalized spacial score (nSPS) is 11.1. The second-order valence-electron chi connectivity index (χ2n) is 5.19. The third-order valence-electron chi connectivity index (χ3n) is 3.04. The number of halogens is 2. The van der Waals surface area contributed by atoms with Gasteiger partial charge >= 0.3 is 0 Å².